The third kappa shape index (κ3) is 1.88. The molecule has 0 aliphatic carbocycles. The molecule has 0 radical (unpaired) electrons. The fraction of sp³-hybridized carbons (Fsp3) is 0.417. The van der Waals surface area contributed by atoms with Crippen LogP contribution in [0, 0.1) is 6.92 Å². The average Bonchev–Trinajstić information content (AvgIpc) is 2.27. The van der Waals surface area contributed by atoms with Crippen molar-refractivity contribution in [3.8, 4) is 0 Å². The normalized spacial score (nSPS) is 19.5. The van der Waals surface area contributed by atoms with Gasteiger partial charge < -0.3 is 9.47 Å². The molecule has 3 heteroatoms. The van der Waals surface area contributed by atoms with Gasteiger partial charge in [0.15, 0.2) is 6.10 Å². The molecule has 0 saturated carbocycles. The molecule has 1 aliphatic heterocycles. The van der Waals surface area contributed by atoms with Crippen LogP contribution in [-0.4, -0.2) is 19.7 Å². The van der Waals surface area contributed by atoms with Crippen molar-refractivity contribution < 1.29 is 14.3 Å². The molecule has 0 amide bonds. The Morgan fingerprint density at radius 2 is 2.33 bits per heavy atom. The van der Waals surface area contributed by atoms with E-state index in [0.717, 1.165) is 17.5 Å². The predicted molar refractivity (Wildman–Crippen MR) is 55.6 cm³/mol. The van der Waals surface area contributed by atoms with Crippen LogP contribution in [0.5, 0.6) is 0 Å². The van der Waals surface area contributed by atoms with Gasteiger partial charge in [0.05, 0.1) is 13.7 Å². The van der Waals surface area contributed by atoms with Gasteiger partial charge in [0.1, 0.15) is 0 Å². The Labute approximate surface area is 89.0 Å². The number of hydrogen-bond acceptors (Lipinski definition) is 3. The second-order valence-corrected chi connectivity index (χ2v) is 3.73. The van der Waals surface area contributed by atoms with Crippen molar-refractivity contribution in [2.24, 2.45) is 0 Å². The standard InChI is InChI=1S/C12H14O3/c1-8-3-4-9-5-6-15-11(10(9)7-8)12(13)14-2/h3-4,7,11H,5-6H2,1-2H3. The number of rotatable bonds is 1. The summed E-state index contributed by atoms with van der Waals surface area (Å²) in [5.74, 6) is -0.318. The van der Waals surface area contributed by atoms with Crippen LogP contribution in [0.25, 0.3) is 0 Å². The topological polar surface area (TPSA) is 35.5 Å². The molecule has 0 saturated heterocycles. The van der Waals surface area contributed by atoms with Gasteiger partial charge in [0.25, 0.3) is 0 Å². The quantitative estimate of drug-likeness (QED) is 0.657. The van der Waals surface area contributed by atoms with Gasteiger partial charge in [0, 0.05) is 0 Å². The Morgan fingerprint density at radius 1 is 1.53 bits per heavy atom. The van der Waals surface area contributed by atoms with Gasteiger partial charge in [-0.2, -0.15) is 0 Å². The van der Waals surface area contributed by atoms with E-state index in [1.54, 1.807) is 0 Å². The molecule has 1 aromatic carbocycles. The highest BCUT2D eigenvalue weighted by atomic mass is 16.6. The highest BCUT2D eigenvalue weighted by Gasteiger charge is 2.27. The number of carbonyl (C=O) groups excluding carboxylic acids is 1. The third-order valence-electron chi connectivity index (χ3n) is 2.66. The number of hydrogen-bond donors (Lipinski definition) is 0. The average molecular weight is 206 g/mol. The van der Waals surface area contributed by atoms with Crippen molar-refractivity contribution in [2.75, 3.05) is 13.7 Å². The molecular weight excluding hydrogens is 192 g/mol. The summed E-state index contributed by atoms with van der Waals surface area (Å²) < 4.78 is 10.2. The summed E-state index contributed by atoms with van der Waals surface area (Å²) in [5, 5.41) is 0. The fourth-order valence-corrected chi connectivity index (χ4v) is 1.86. The molecule has 1 aromatic rings. The van der Waals surface area contributed by atoms with Crippen LogP contribution in [0.3, 0.4) is 0 Å². The highest BCUT2D eigenvalue weighted by molar-refractivity contribution is 5.77. The number of benzene rings is 1. The first-order valence-electron chi connectivity index (χ1n) is 5.01. The van der Waals surface area contributed by atoms with E-state index in [2.05, 4.69) is 12.1 Å². The lowest BCUT2D eigenvalue weighted by molar-refractivity contribution is -0.155. The van der Waals surface area contributed by atoms with E-state index in [4.69, 9.17) is 9.47 Å². The summed E-state index contributed by atoms with van der Waals surface area (Å²) in [4.78, 5) is 11.5. The first kappa shape index (κ1) is 10.2. The molecule has 1 heterocycles. The summed E-state index contributed by atoms with van der Waals surface area (Å²) in [6, 6.07) is 6.11. The molecule has 1 aliphatic rings. The molecule has 0 N–H and O–H groups in total. The van der Waals surface area contributed by atoms with Crippen LogP contribution in [0.2, 0.25) is 0 Å². The van der Waals surface area contributed by atoms with Crippen molar-refractivity contribution in [1.82, 2.24) is 0 Å². The van der Waals surface area contributed by atoms with Crippen molar-refractivity contribution in [2.45, 2.75) is 19.4 Å². The van der Waals surface area contributed by atoms with E-state index in [9.17, 15) is 4.79 Å². The zero-order valence-electron chi connectivity index (χ0n) is 8.95. The number of esters is 1. The number of fused-ring (bicyclic) bond motifs is 1. The first-order chi connectivity index (χ1) is 7.22. The van der Waals surface area contributed by atoms with Crippen molar-refractivity contribution in [3.05, 3.63) is 34.9 Å². The number of carbonyl (C=O) groups is 1. The van der Waals surface area contributed by atoms with Gasteiger partial charge in [-0.25, -0.2) is 4.79 Å². The lowest BCUT2D eigenvalue weighted by Gasteiger charge is -2.24. The van der Waals surface area contributed by atoms with E-state index in [1.807, 2.05) is 13.0 Å². The van der Waals surface area contributed by atoms with Gasteiger partial charge in [-0.05, 0) is 24.5 Å². The molecule has 0 spiro atoms. The van der Waals surface area contributed by atoms with E-state index >= 15 is 0 Å². The minimum Gasteiger partial charge on any atom is -0.467 e. The van der Waals surface area contributed by atoms with Crippen molar-refractivity contribution in [3.63, 3.8) is 0 Å². The maximum absolute atomic E-state index is 11.5. The third-order valence-corrected chi connectivity index (χ3v) is 2.66. The van der Waals surface area contributed by atoms with Gasteiger partial charge in [-0.3, -0.25) is 0 Å². The maximum atomic E-state index is 11.5. The summed E-state index contributed by atoms with van der Waals surface area (Å²) in [5.41, 5.74) is 3.27. The van der Waals surface area contributed by atoms with Crippen molar-refractivity contribution >= 4 is 5.97 Å². The summed E-state index contributed by atoms with van der Waals surface area (Å²) >= 11 is 0. The number of ether oxygens (including phenoxy) is 2. The van der Waals surface area contributed by atoms with Crippen LogP contribution in [0.1, 0.15) is 22.8 Å². The minimum absolute atomic E-state index is 0.318. The molecule has 1 atom stereocenters. The Morgan fingerprint density at radius 3 is 3.07 bits per heavy atom. The van der Waals surface area contributed by atoms with Crippen LogP contribution in [-0.2, 0) is 20.7 Å². The molecule has 1 unspecified atom stereocenters. The zero-order valence-corrected chi connectivity index (χ0v) is 8.95. The van der Waals surface area contributed by atoms with E-state index in [1.165, 1.54) is 12.7 Å². The molecule has 80 valence electrons. The largest absolute Gasteiger partial charge is 0.467 e. The SMILES string of the molecule is COC(=O)C1OCCc2ccc(C)cc21. The van der Waals surface area contributed by atoms with Crippen LogP contribution in [0.4, 0.5) is 0 Å². The van der Waals surface area contributed by atoms with E-state index in [-0.39, 0.29) is 5.97 Å². The van der Waals surface area contributed by atoms with Crippen LogP contribution in [0.15, 0.2) is 18.2 Å². The summed E-state index contributed by atoms with van der Waals surface area (Å²) in [6.45, 7) is 2.58. The smallest absolute Gasteiger partial charge is 0.339 e. The molecule has 0 fully saturated rings. The Balaban J connectivity index is 2.40. The predicted octanol–water partition coefficient (Wildman–Crippen LogP) is 1.78. The zero-order chi connectivity index (χ0) is 10.8. The van der Waals surface area contributed by atoms with Gasteiger partial charge in [-0.15, -0.1) is 0 Å². The second-order valence-electron chi connectivity index (χ2n) is 3.73. The molecule has 0 aromatic heterocycles. The van der Waals surface area contributed by atoms with Gasteiger partial charge >= 0.3 is 5.97 Å². The molecular formula is C12H14O3. The molecule has 15 heavy (non-hydrogen) atoms. The van der Waals surface area contributed by atoms with E-state index < -0.39 is 6.10 Å². The van der Waals surface area contributed by atoms with Crippen LogP contribution < -0.4 is 0 Å². The number of methoxy groups -OCH3 is 1. The monoisotopic (exact) mass is 206 g/mol. The Bertz CT molecular complexity index is 384. The molecule has 2 rings (SSSR count). The molecule has 0 bridgehead atoms. The Kier molecular flexibility index (Phi) is 2.73. The second kappa shape index (κ2) is 4.03. The summed E-state index contributed by atoms with van der Waals surface area (Å²) in [6.07, 6.45) is 0.321. The lowest BCUT2D eigenvalue weighted by atomic mass is 9.96. The molecule has 3 nitrogen and oxygen atoms in total. The van der Waals surface area contributed by atoms with Gasteiger partial charge in [-0.1, -0.05) is 23.8 Å². The highest BCUT2D eigenvalue weighted by Crippen LogP contribution is 2.28. The van der Waals surface area contributed by atoms with Crippen molar-refractivity contribution in [1.29, 1.82) is 0 Å². The lowest BCUT2D eigenvalue weighted by Crippen LogP contribution is -2.24. The maximum Gasteiger partial charge on any atom is 0.339 e. The Hall–Kier alpha value is -1.35. The van der Waals surface area contributed by atoms with Crippen LogP contribution >= 0.6 is 0 Å². The number of aryl methyl sites for hydroxylation is 1. The first-order valence-corrected chi connectivity index (χ1v) is 5.01. The fourth-order valence-electron chi connectivity index (χ4n) is 1.86. The summed E-state index contributed by atoms with van der Waals surface area (Å²) in [7, 11) is 1.38. The van der Waals surface area contributed by atoms with E-state index in [0.29, 0.717) is 6.61 Å². The minimum atomic E-state index is -0.543. The van der Waals surface area contributed by atoms with Gasteiger partial charge in [0.2, 0.25) is 0 Å².